The average molecular weight is 500 g/mol. The van der Waals surface area contributed by atoms with E-state index in [1.807, 2.05) is 24.3 Å². The third-order valence-corrected chi connectivity index (χ3v) is 7.80. The molecule has 1 unspecified atom stereocenters. The van der Waals surface area contributed by atoms with Crippen LogP contribution in [0.2, 0.25) is 5.02 Å². The second-order valence-corrected chi connectivity index (χ2v) is 10.7. The maximum Gasteiger partial charge on any atom is 0.255 e. The molecular weight excluding hydrogens is 474 g/mol. The lowest BCUT2D eigenvalue weighted by Gasteiger charge is -2.37. The number of pyridine rings is 1. The van der Waals surface area contributed by atoms with Crippen LogP contribution >= 0.6 is 11.6 Å². The van der Waals surface area contributed by atoms with E-state index in [4.69, 9.17) is 16.3 Å². The molecule has 1 amide bonds. The van der Waals surface area contributed by atoms with Gasteiger partial charge in [-0.1, -0.05) is 42.8 Å². The highest BCUT2D eigenvalue weighted by Crippen LogP contribution is 2.31. The van der Waals surface area contributed by atoms with Gasteiger partial charge in [-0.05, 0) is 47.5 Å². The Hall–Kier alpha value is -2.94. The van der Waals surface area contributed by atoms with Crippen LogP contribution in [0, 0.1) is 0 Å². The Kier molecular flexibility index (Phi) is 7.50. The number of aromatic nitrogens is 1. The molecule has 178 valence electrons. The molecule has 0 saturated carbocycles. The van der Waals surface area contributed by atoms with Gasteiger partial charge in [0.05, 0.1) is 35.5 Å². The summed E-state index contributed by atoms with van der Waals surface area (Å²) in [6.07, 6.45) is 1.67. The maximum absolute atomic E-state index is 13.1. The normalized spacial score (nSPS) is 16.3. The highest BCUT2D eigenvalue weighted by molar-refractivity contribution is 7.91. The number of carbonyl (C=O) groups is 1. The number of sulfone groups is 1. The molecule has 1 aliphatic rings. The van der Waals surface area contributed by atoms with Crippen LogP contribution in [0.3, 0.4) is 0 Å². The van der Waals surface area contributed by atoms with Gasteiger partial charge in [-0.15, -0.1) is 0 Å². The van der Waals surface area contributed by atoms with Crippen LogP contribution in [0.15, 0.2) is 71.8 Å². The Bertz CT molecular complexity index is 1250. The lowest BCUT2D eigenvalue weighted by molar-refractivity contribution is 0.0915. The summed E-state index contributed by atoms with van der Waals surface area (Å²) in [4.78, 5) is 20.0. The first kappa shape index (κ1) is 24.2. The van der Waals surface area contributed by atoms with Crippen LogP contribution in [0.1, 0.15) is 34.5 Å². The molecule has 2 heterocycles. The SMILES string of the molecule is CCS(=O)(=O)c1ccc(CNC(=O)c2cccnc2N2CCOCC2c2ccc(Cl)cc2)cc1. The fourth-order valence-electron chi connectivity index (χ4n) is 3.88. The van der Waals surface area contributed by atoms with E-state index in [0.29, 0.717) is 36.2 Å². The van der Waals surface area contributed by atoms with E-state index in [1.54, 1.807) is 49.5 Å². The summed E-state index contributed by atoms with van der Waals surface area (Å²) in [5, 5.41) is 3.58. The van der Waals surface area contributed by atoms with Crippen molar-refractivity contribution >= 4 is 33.2 Å². The van der Waals surface area contributed by atoms with E-state index in [0.717, 1.165) is 11.1 Å². The zero-order chi connectivity index (χ0) is 24.1. The Labute approximate surface area is 204 Å². The number of nitrogens with zero attached hydrogens (tertiary/aromatic N) is 2. The highest BCUT2D eigenvalue weighted by Gasteiger charge is 2.29. The van der Waals surface area contributed by atoms with Crippen LogP contribution in [0.4, 0.5) is 5.82 Å². The molecule has 1 aromatic heterocycles. The summed E-state index contributed by atoms with van der Waals surface area (Å²) in [5.74, 6) is 0.383. The number of nitrogens with one attached hydrogen (secondary N) is 1. The molecule has 0 radical (unpaired) electrons. The van der Waals surface area contributed by atoms with E-state index >= 15 is 0 Å². The Morgan fingerprint density at radius 2 is 1.88 bits per heavy atom. The molecule has 0 aliphatic carbocycles. The van der Waals surface area contributed by atoms with Crippen LogP contribution in [0.25, 0.3) is 0 Å². The zero-order valence-corrected chi connectivity index (χ0v) is 20.3. The van der Waals surface area contributed by atoms with E-state index < -0.39 is 9.84 Å². The summed E-state index contributed by atoms with van der Waals surface area (Å²) in [6.45, 7) is 3.49. The lowest BCUT2D eigenvalue weighted by Crippen LogP contribution is -2.41. The second-order valence-electron chi connectivity index (χ2n) is 7.94. The number of hydrogen-bond acceptors (Lipinski definition) is 6. The summed E-state index contributed by atoms with van der Waals surface area (Å²) in [6, 6.07) is 17.6. The van der Waals surface area contributed by atoms with Gasteiger partial charge in [0.15, 0.2) is 9.84 Å². The molecule has 3 aromatic rings. The van der Waals surface area contributed by atoms with Crippen molar-refractivity contribution in [3.05, 3.63) is 88.6 Å². The van der Waals surface area contributed by atoms with Crippen LogP contribution < -0.4 is 10.2 Å². The summed E-state index contributed by atoms with van der Waals surface area (Å²) >= 11 is 6.05. The highest BCUT2D eigenvalue weighted by atomic mass is 35.5. The average Bonchev–Trinajstić information content (AvgIpc) is 2.88. The first-order chi connectivity index (χ1) is 16.4. The van der Waals surface area contributed by atoms with E-state index in [2.05, 4.69) is 15.2 Å². The summed E-state index contributed by atoms with van der Waals surface area (Å²) in [5.41, 5.74) is 2.30. The third kappa shape index (κ3) is 5.41. The van der Waals surface area contributed by atoms with E-state index in [9.17, 15) is 13.2 Å². The topological polar surface area (TPSA) is 88.6 Å². The molecule has 34 heavy (non-hydrogen) atoms. The molecule has 1 N–H and O–H groups in total. The molecule has 0 spiro atoms. The van der Waals surface area contributed by atoms with Gasteiger partial charge in [-0.2, -0.15) is 0 Å². The molecule has 1 atom stereocenters. The Morgan fingerprint density at radius 3 is 2.59 bits per heavy atom. The number of carbonyl (C=O) groups excluding carboxylic acids is 1. The molecule has 1 aliphatic heterocycles. The van der Waals surface area contributed by atoms with E-state index in [-0.39, 0.29) is 29.1 Å². The van der Waals surface area contributed by atoms with E-state index in [1.165, 1.54) is 0 Å². The molecule has 4 rings (SSSR count). The van der Waals surface area contributed by atoms with Gasteiger partial charge in [0.1, 0.15) is 5.82 Å². The molecule has 2 aromatic carbocycles. The van der Waals surface area contributed by atoms with Crippen LogP contribution in [0.5, 0.6) is 0 Å². The monoisotopic (exact) mass is 499 g/mol. The van der Waals surface area contributed by atoms with Gasteiger partial charge in [-0.3, -0.25) is 4.79 Å². The number of amides is 1. The number of benzene rings is 2. The minimum atomic E-state index is -3.26. The number of anilines is 1. The fraction of sp³-hybridized carbons (Fsp3) is 0.280. The molecular formula is C25H26ClN3O4S. The molecule has 7 nitrogen and oxygen atoms in total. The second kappa shape index (κ2) is 10.5. The first-order valence-corrected chi connectivity index (χ1v) is 13.1. The van der Waals surface area contributed by atoms with Crippen molar-refractivity contribution in [1.29, 1.82) is 0 Å². The zero-order valence-electron chi connectivity index (χ0n) is 18.8. The number of morpholine rings is 1. The van der Waals surface area contributed by atoms with Crippen molar-refractivity contribution in [2.75, 3.05) is 30.4 Å². The number of rotatable bonds is 7. The predicted octanol–water partition coefficient (Wildman–Crippen LogP) is 4.04. The van der Waals surface area contributed by atoms with Gasteiger partial charge in [0.2, 0.25) is 0 Å². The van der Waals surface area contributed by atoms with Gasteiger partial charge in [0, 0.05) is 24.3 Å². The molecule has 1 fully saturated rings. The minimum absolute atomic E-state index is 0.0470. The first-order valence-electron chi connectivity index (χ1n) is 11.0. The molecule has 9 heteroatoms. The number of hydrogen-bond donors (Lipinski definition) is 1. The molecule has 1 saturated heterocycles. The number of ether oxygens (including phenoxy) is 1. The lowest BCUT2D eigenvalue weighted by atomic mass is 10.0. The Morgan fingerprint density at radius 1 is 1.15 bits per heavy atom. The maximum atomic E-state index is 13.1. The quantitative estimate of drug-likeness (QED) is 0.528. The molecule has 0 bridgehead atoms. The van der Waals surface area contributed by atoms with Crippen molar-refractivity contribution in [3.63, 3.8) is 0 Å². The van der Waals surface area contributed by atoms with Gasteiger partial charge in [-0.25, -0.2) is 13.4 Å². The van der Waals surface area contributed by atoms with Crippen molar-refractivity contribution < 1.29 is 17.9 Å². The Balaban J connectivity index is 1.52. The summed E-state index contributed by atoms with van der Waals surface area (Å²) < 4.78 is 29.7. The largest absolute Gasteiger partial charge is 0.377 e. The van der Waals surface area contributed by atoms with Crippen molar-refractivity contribution in [2.45, 2.75) is 24.4 Å². The van der Waals surface area contributed by atoms with Gasteiger partial charge < -0.3 is 15.0 Å². The van der Waals surface area contributed by atoms with Crippen molar-refractivity contribution in [2.24, 2.45) is 0 Å². The standard InChI is InChI=1S/C25H26ClN3O4S/c1-2-34(31,32)21-11-5-18(6-12-21)16-28-25(30)22-4-3-13-27-24(22)29-14-15-33-17-23(29)19-7-9-20(26)10-8-19/h3-13,23H,2,14-17H2,1H3,(H,28,30). The van der Waals surface area contributed by atoms with Crippen LogP contribution in [-0.4, -0.2) is 44.8 Å². The van der Waals surface area contributed by atoms with Crippen molar-refractivity contribution in [1.82, 2.24) is 10.3 Å². The smallest absolute Gasteiger partial charge is 0.255 e. The van der Waals surface area contributed by atoms with Crippen LogP contribution in [-0.2, 0) is 21.1 Å². The van der Waals surface area contributed by atoms with Crippen molar-refractivity contribution in [3.8, 4) is 0 Å². The number of halogens is 1. The third-order valence-electron chi connectivity index (χ3n) is 5.80. The van der Waals surface area contributed by atoms with Gasteiger partial charge >= 0.3 is 0 Å². The fourth-order valence-corrected chi connectivity index (χ4v) is 4.89. The summed E-state index contributed by atoms with van der Waals surface area (Å²) in [7, 11) is -3.26. The minimum Gasteiger partial charge on any atom is -0.377 e. The predicted molar refractivity (Wildman–Crippen MR) is 132 cm³/mol. The van der Waals surface area contributed by atoms with Gasteiger partial charge in [0.25, 0.3) is 5.91 Å².